The van der Waals surface area contributed by atoms with Crippen LogP contribution in [0, 0.1) is 0 Å². The van der Waals surface area contributed by atoms with Gasteiger partial charge in [-0.1, -0.05) is 83.3 Å². The Balaban J connectivity index is 2.36. The lowest BCUT2D eigenvalue weighted by Gasteiger charge is -2.28. The lowest BCUT2D eigenvalue weighted by molar-refractivity contribution is -0.140. The van der Waals surface area contributed by atoms with Crippen LogP contribution in [-0.4, -0.2) is 13.1 Å². The zero-order valence-corrected chi connectivity index (χ0v) is 13.5. The Morgan fingerprint density at radius 3 is 1.85 bits per heavy atom. The van der Waals surface area contributed by atoms with Crippen LogP contribution >= 0.6 is 22.6 Å². The van der Waals surface area contributed by atoms with Crippen molar-refractivity contribution in [3.63, 3.8) is 0 Å². The first kappa shape index (κ1) is 15.0. The quantitative estimate of drug-likeness (QED) is 0.439. The fourth-order valence-electron chi connectivity index (χ4n) is 2.24. The number of ether oxygens (including phenoxy) is 1. The highest BCUT2D eigenvalue weighted by Crippen LogP contribution is 2.43. The van der Waals surface area contributed by atoms with Crippen LogP contribution in [0.3, 0.4) is 0 Å². The molecule has 0 aliphatic heterocycles. The van der Waals surface area contributed by atoms with Gasteiger partial charge in [-0.15, -0.1) is 0 Å². The molecule has 104 valence electrons. The molecule has 0 aromatic heterocycles. The van der Waals surface area contributed by atoms with Crippen LogP contribution in [0.4, 0.5) is 0 Å². The first-order chi connectivity index (χ1) is 9.66. The van der Waals surface area contributed by atoms with Crippen molar-refractivity contribution in [2.24, 2.45) is 0 Å². The fraction of sp³-hybridized carbons (Fsp3) is 0.235. The molecule has 2 aromatic rings. The molecule has 0 heterocycles. The molecule has 0 fully saturated rings. The standard InChI is InChI=1S/C17H17IO2/c1-20-16(19)12-13-17(18,14-8-4-2-5-9-14)15-10-6-3-7-11-15/h2-11H,12-13H2,1H3. The Kier molecular flexibility index (Phi) is 5.17. The summed E-state index contributed by atoms with van der Waals surface area (Å²) in [4.78, 5) is 11.5. The van der Waals surface area contributed by atoms with Crippen LogP contribution in [0.15, 0.2) is 60.7 Å². The van der Waals surface area contributed by atoms with Crippen molar-refractivity contribution in [1.29, 1.82) is 0 Å². The number of rotatable bonds is 5. The number of halogens is 1. The summed E-state index contributed by atoms with van der Waals surface area (Å²) >= 11 is 2.45. The van der Waals surface area contributed by atoms with E-state index in [9.17, 15) is 4.79 Å². The molecular formula is C17H17IO2. The number of esters is 1. The Labute approximate surface area is 133 Å². The molecule has 0 atom stereocenters. The third-order valence-electron chi connectivity index (χ3n) is 3.36. The number of hydrogen-bond acceptors (Lipinski definition) is 2. The number of benzene rings is 2. The van der Waals surface area contributed by atoms with Gasteiger partial charge in [-0.3, -0.25) is 4.79 Å². The normalized spacial score (nSPS) is 11.1. The molecule has 3 heteroatoms. The molecule has 0 saturated heterocycles. The summed E-state index contributed by atoms with van der Waals surface area (Å²) in [6.07, 6.45) is 1.12. The van der Waals surface area contributed by atoms with Crippen molar-refractivity contribution in [3.8, 4) is 0 Å². The second-order valence-electron chi connectivity index (χ2n) is 4.61. The summed E-state index contributed by atoms with van der Waals surface area (Å²) in [6, 6.07) is 20.6. The van der Waals surface area contributed by atoms with E-state index in [1.807, 2.05) is 36.4 Å². The molecule has 2 aromatic carbocycles. The van der Waals surface area contributed by atoms with Gasteiger partial charge in [0.15, 0.2) is 0 Å². The van der Waals surface area contributed by atoms with Crippen molar-refractivity contribution >= 4 is 28.6 Å². The minimum Gasteiger partial charge on any atom is -0.469 e. The molecular weight excluding hydrogens is 363 g/mol. The Morgan fingerprint density at radius 1 is 1.00 bits per heavy atom. The van der Waals surface area contributed by atoms with Crippen molar-refractivity contribution in [2.45, 2.75) is 16.3 Å². The number of carbonyl (C=O) groups excluding carboxylic acids is 1. The Bertz CT molecular complexity index is 512. The topological polar surface area (TPSA) is 26.3 Å². The van der Waals surface area contributed by atoms with Crippen molar-refractivity contribution < 1.29 is 9.53 Å². The van der Waals surface area contributed by atoms with Gasteiger partial charge in [0.1, 0.15) is 0 Å². The van der Waals surface area contributed by atoms with Gasteiger partial charge in [0, 0.05) is 6.42 Å². The molecule has 0 aliphatic carbocycles. The van der Waals surface area contributed by atoms with Crippen LogP contribution in [0.1, 0.15) is 24.0 Å². The van der Waals surface area contributed by atoms with Gasteiger partial charge < -0.3 is 4.74 Å². The number of carbonyl (C=O) groups is 1. The van der Waals surface area contributed by atoms with E-state index in [2.05, 4.69) is 46.9 Å². The van der Waals surface area contributed by atoms with E-state index in [0.717, 1.165) is 0 Å². The lowest BCUT2D eigenvalue weighted by Crippen LogP contribution is -2.21. The average Bonchev–Trinajstić information content (AvgIpc) is 2.54. The average molecular weight is 380 g/mol. The third-order valence-corrected chi connectivity index (χ3v) is 5.15. The maximum atomic E-state index is 11.5. The fourth-order valence-corrected chi connectivity index (χ4v) is 3.23. The van der Waals surface area contributed by atoms with E-state index in [0.29, 0.717) is 12.8 Å². The summed E-state index contributed by atoms with van der Waals surface area (Å²) in [7, 11) is 1.43. The summed E-state index contributed by atoms with van der Waals surface area (Å²) in [6.45, 7) is 0. The Hall–Kier alpha value is -1.36. The van der Waals surface area contributed by atoms with Gasteiger partial charge in [-0.05, 0) is 17.5 Å². The SMILES string of the molecule is COC(=O)CCC(I)(c1ccccc1)c1ccccc1. The molecule has 0 N–H and O–H groups in total. The second kappa shape index (κ2) is 6.88. The Morgan fingerprint density at radius 2 is 1.45 bits per heavy atom. The number of alkyl halides is 1. The second-order valence-corrected chi connectivity index (χ2v) is 6.45. The summed E-state index contributed by atoms with van der Waals surface area (Å²) in [5.74, 6) is -0.169. The van der Waals surface area contributed by atoms with Crippen molar-refractivity contribution in [2.75, 3.05) is 7.11 Å². The molecule has 0 bridgehead atoms. The lowest BCUT2D eigenvalue weighted by atomic mass is 9.87. The zero-order chi connectivity index (χ0) is 14.4. The molecule has 2 rings (SSSR count). The smallest absolute Gasteiger partial charge is 0.305 e. The van der Waals surface area contributed by atoms with Gasteiger partial charge >= 0.3 is 5.97 Å². The van der Waals surface area contributed by atoms with Crippen LogP contribution in [-0.2, 0) is 13.0 Å². The van der Waals surface area contributed by atoms with Gasteiger partial charge in [0.05, 0.1) is 10.5 Å². The van der Waals surface area contributed by atoms with Crippen LogP contribution in [0.25, 0.3) is 0 Å². The maximum Gasteiger partial charge on any atom is 0.305 e. The highest BCUT2D eigenvalue weighted by atomic mass is 127. The minimum atomic E-state index is -0.214. The summed E-state index contributed by atoms with van der Waals surface area (Å²) in [5.41, 5.74) is 2.41. The third kappa shape index (κ3) is 3.39. The molecule has 20 heavy (non-hydrogen) atoms. The van der Waals surface area contributed by atoms with E-state index in [1.165, 1.54) is 18.2 Å². The van der Waals surface area contributed by atoms with E-state index < -0.39 is 0 Å². The van der Waals surface area contributed by atoms with Crippen LogP contribution in [0.2, 0.25) is 0 Å². The first-order valence-electron chi connectivity index (χ1n) is 6.53. The van der Waals surface area contributed by atoms with E-state index in [4.69, 9.17) is 4.74 Å². The van der Waals surface area contributed by atoms with Crippen molar-refractivity contribution in [1.82, 2.24) is 0 Å². The summed E-state index contributed by atoms with van der Waals surface area (Å²) in [5, 5.41) is 0. The molecule has 0 amide bonds. The molecule has 0 radical (unpaired) electrons. The van der Waals surface area contributed by atoms with Crippen LogP contribution < -0.4 is 0 Å². The monoisotopic (exact) mass is 380 g/mol. The predicted molar refractivity (Wildman–Crippen MR) is 88.9 cm³/mol. The molecule has 0 saturated carbocycles. The summed E-state index contributed by atoms with van der Waals surface area (Å²) < 4.78 is 4.56. The highest BCUT2D eigenvalue weighted by molar-refractivity contribution is 14.1. The molecule has 0 spiro atoms. The minimum absolute atomic E-state index is 0.169. The van der Waals surface area contributed by atoms with Gasteiger partial charge in [0.2, 0.25) is 0 Å². The van der Waals surface area contributed by atoms with Gasteiger partial charge in [-0.25, -0.2) is 0 Å². The number of hydrogen-bond donors (Lipinski definition) is 0. The predicted octanol–water partition coefficient (Wildman–Crippen LogP) is 4.32. The van der Waals surface area contributed by atoms with Gasteiger partial charge in [0.25, 0.3) is 0 Å². The van der Waals surface area contributed by atoms with Gasteiger partial charge in [-0.2, -0.15) is 0 Å². The van der Waals surface area contributed by atoms with E-state index >= 15 is 0 Å². The van der Waals surface area contributed by atoms with Crippen LogP contribution in [0.5, 0.6) is 0 Å². The van der Waals surface area contributed by atoms with Crippen molar-refractivity contribution in [3.05, 3.63) is 71.8 Å². The first-order valence-corrected chi connectivity index (χ1v) is 7.61. The zero-order valence-electron chi connectivity index (χ0n) is 11.4. The number of methoxy groups -OCH3 is 1. The maximum absolute atomic E-state index is 11.5. The highest BCUT2D eigenvalue weighted by Gasteiger charge is 2.31. The van der Waals surface area contributed by atoms with E-state index in [1.54, 1.807) is 0 Å². The largest absolute Gasteiger partial charge is 0.469 e. The van der Waals surface area contributed by atoms with E-state index in [-0.39, 0.29) is 9.39 Å². The molecule has 0 unspecified atom stereocenters. The molecule has 0 aliphatic rings. The molecule has 2 nitrogen and oxygen atoms in total.